The van der Waals surface area contributed by atoms with E-state index in [0.29, 0.717) is 26.8 Å². The molecule has 1 aromatic carbocycles. The van der Waals surface area contributed by atoms with Crippen molar-refractivity contribution in [3.05, 3.63) is 53.4 Å². The van der Waals surface area contributed by atoms with Crippen molar-refractivity contribution in [3.63, 3.8) is 0 Å². The molecule has 12 heteroatoms. The maximum atomic E-state index is 13.0. The minimum absolute atomic E-state index is 0.0398. The van der Waals surface area contributed by atoms with Crippen LogP contribution in [0.2, 0.25) is 5.02 Å². The van der Waals surface area contributed by atoms with E-state index in [-0.39, 0.29) is 36.4 Å². The monoisotopic (exact) mass is 477 g/mol. The summed E-state index contributed by atoms with van der Waals surface area (Å²) in [6.45, 7) is 0.164. The van der Waals surface area contributed by atoms with Crippen molar-refractivity contribution in [2.45, 2.75) is 18.2 Å². The summed E-state index contributed by atoms with van der Waals surface area (Å²) in [6.07, 6.45) is 1.48. The van der Waals surface area contributed by atoms with E-state index >= 15 is 0 Å². The second-order valence-corrected chi connectivity index (χ2v) is 9.06. The largest absolute Gasteiger partial charge is 0.467 e. The summed E-state index contributed by atoms with van der Waals surface area (Å²) < 4.78 is 5.34. The number of furan rings is 1. The average Bonchev–Trinajstić information content (AvgIpc) is 3.46. The number of halogens is 1. The van der Waals surface area contributed by atoms with E-state index in [0.717, 1.165) is 11.8 Å². The van der Waals surface area contributed by atoms with Crippen LogP contribution in [0, 0.1) is 0 Å². The second kappa shape index (κ2) is 9.58. The lowest BCUT2D eigenvalue weighted by Gasteiger charge is -2.14. The number of rotatable bonds is 6. The highest BCUT2D eigenvalue weighted by molar-refractivity contribution is 8.15. The van der Waals surface area contributed by atoms with Crippen LogP contribution in [-0.4, -0.2) is 44.0 Å². The Hall–Kier alpha value is -2.76. The fourth-order valence-electron chi connectivity index (χ4n) is 2.80. The summed E-state index contributed by atoms with van der Waals surface area (Å²) in [6, 6.07) is 10.2. The molecule has 0 radical (unpaired) electrons. The van der Waals surface area contributed by atoms with E-state index < -0.39 is 5.25 Å². The van der Waals surface area contributed by atoms with Crippen molar-refractivity contribution in [2.24, 2.45) is 10.2 Å². The SMILES string of the molecule is O=C1CS/C(=N/N=C2/SC(CC(=O)Nc3ccc(Cl)cc3)C(=O)N2Cc2ccco2)N1. The molecule has 0 bridgehead atoms. The normalized spacial score (nSPS) is 21.2. The molecule has 31 heavy (non-hydrogen) atoms. The average molecular weight is 478 g/mol. The predicted molar refractivity (Wildman–Crippen MR) is 121 cm³/mol. The highest BCUT2D eigenvalue weighted by Crippen LogP contribution is 2.31. The lowest BCUT2D eigenvalue weighted by Crippen LogP contribution is -2.33. The van der Waals surface area contributed by atoms with Gasteiger partial charge in [0.25, 0.3) is 0 Å². The van der Waals surface area contributed by atoms with E-state index in [1.807, 2.05) is 0 Å². The van der Waals surface area contributed by atoms with Gasteiger partial charge in [0.2, 0.25) is 17.7 Å². The van der Waals surface area contributed by atoms with Crippen LogP contribution in [-0.2, 0) is 20.9 Å². The number of carbonyl (C=O) groups is 3. The first-order chi connectivity index (χ1) is 15.0. The summed E-state index contributed by atoms with van der Waals surface area (Å²) in [7, 11) is 0. The maximum Gasteiger partial charge on any atom is 0.243 e. The summed E-state index contributed by atoms with van der Waals surface area (Å²) in [5.41, 5.74) is 0.589. The maximum absolute atomic E-state index is 13.0. The van der Waals surface area contributed by atoms with Gasteiger partial charge in [-0.15, -0.1) is 10.2 Å². The van der Waals surface area contributed by atoms with Crippen LogP contribution >= 0.6 is 35.1 Å². The van der Waals surface area contributed by atoms with Gasteiger partial charge >= 0.3 is 0 Å². The van der Waals surface area contributed by atoms with Crippen molar-refractivity contribution >= 4 is 68.9 Å². The van der Waals surface area contributed by atoms with Crippen molar-refractivity contribution in [1.29, 1.82) is 0 Å². The summed E-state index contributed by atoms with van der Waals surface area (Å²) in [5.74, 6) is 0.124. The molecule has 9 nitrogen and oxygen atoms in total. The van der Waals surface area contributed by atoms with E-state index in [9.17, 15) is 14.4 Å². The van der Waals surface area contributed by atoms with Gasteiger partial charge in [-0.05, 0) is 36.4 Å². The Labute approximate surface area is 190 Å². The number of nitrogens with one attached hydrogen (secondary N) is 2. The van der Waals surface area contributed by atoms with Crippen molar-refractivity contribution < 1.29 is 18.8 Å². The number of benzene rings is 1. The Morgan fingerprint density at radius 1 is 1.26 bits per heavy atom. The molecule has 2 N–H and O–H groups in total. The third-order valence-corrected chi connectivity index (χ3v) is 6.51. The second-order valence-electron chi connectivity index (χ2n) is 6.49. The third kappa shape index (κ3) is 5.49. The Balaban J connectivity index is 1.48. The van der Waals surface area contributed by atoms with Crippen LogP contribution in [0.1, 0.15) is 12.2 Å². The summed E-state index contributed by atoms with van der Waals surface area (Å²) >= 11 is 8.24. The highest BCUT2D eigenvalue weighted by Gasteiger charge is 2.40. The van der Waals surface area contributed by atoms with E-state index in [1.165, 1.54) is 22.9 Å². The molecule has 0 aliphatic carbocycles. The number of anilines is 1. The Morgan fingerprint density at radius 3 is 2.74 bits per heavy atom. The molecule has 160 valence electrons. The molecule has 1 aromatic heterocycles. The standard InChI is InChI=1S/C19H16ClN5O4S2/c20-11-3-5-12(6-4-11)21-15(26)8-14-17(28)25(9-13-2-1-7-29-13)19(31-14)24-23-18-22-16(27)10-30-18/h1-7,14H,8-10H2,(H,21,26)(H,22,23,27)/b24-19+. The quantitative estimate of drug-likeness (QED) is 0.618. The van der Waals surface area contributed by atoms with E-state index in [2.05, 4.69) is 20.8 Å². The van der Waals surface area contributed by atoms with Crippen molar-refractivity contribution in [1.82, 2.24) is 10.2 Å². The number of thioether (sulfide) groups is 2. The highest BCUT2D eigenvalue weighted by atomic mass is 35.5. The third-order valence-electron chi connectivity index (χ3n) is 4.23. The molecule has 2 fully saturated rings. The number of amidine groups is 2. The first kappa shape index (κ1) is 21.5. The zero-order valence-corrected chi connectivity index (χ0v) is 18.3. The summed E-state index contributed by atoms with van der Waals surface area (Å²) in [4.78, 5) is 38.2. The van der Waals surface area contributed by atoms with Gasteiger partial charge in [0, 0.05) is 17.1 Å². The number of nitrogens with zero attached hydrogens (tertiary/aromatic N) is 3. The molecule has 2 aliphatic rings. The number of carbonyl (C=O) groups excluding carboxylic acids is 3. The lowest BCUT2D eigenvalue weighted by atomic mass is 10.2. The van der Waals surface area contributed by atoms with Crippen LogP contribution in [0.25, 0.3) is 0 Å². The lowest BCUT2D eigenvalue weighted by molar-refractivity contribution is -0.128. The molecule has 2 aromatic rings. The van der Waals surface area contributed by atoms with Gasteiger partial charge in [-0.2, -0.15) is 0 Å². The van der Waals surface area contributed by atoms with Gasteiger partial charge in [0.1, 0.15) is 11.0 Å². The predicted octanol–water partition coefficient (Wildman–Crippen LogP) is 2.90. The minimum Gasteiger partial charge on any atom is -0.467 e. The van der Waals surface area contributed by atoms with Crippen LogP contribution < -0.4 is 10.6 Å². The fourth-order valence-corrected chi connectivity index (χ4v) is 4.64. The molecular formula is C19H16ClN5O4S2. The molecule has 0 spiro atoms. The van der Waals surface area contributed by atoms with Gasteiger partial charge in [0.15, 0.2) is 10.3 Å². The number of hydrogen-bond donors (Lipinski definition) is 2. The smallest absolute Gasteiger partial charge is 0.243 e. The zero-order chi connectivity index (χ0) is 21.8. The van der Waals surface area contributed by atoms with Gasteiger partial charge in [-0.1, -0.05) is 35.1 Å². The van der Waals surface area contributed by atoms with Gasteiger partial charge in [0.05, 0.1) is 18.6 Å². The van der Waals surface area contributed by atoms with E-state index in [1.54, 1.807) is 36.4 Å². The first-order valence-electron chi connectivity index (χ1n) is 9.12. The first-order valence-corrected chi connectivity index (χ1v) is 11.4. The molecule has 2 aliphatic heterocycles. The Morgan fingerprint density at radius 2 is 2.06 bits per heavy atom. The van der Waals surface area contributed by atoms with Gasteiger partial charge in [-0.25, -0.2) is 0 Å². The van der Waals surface area contributed by atoms with E-state index in [4.69, 9.17) is 16.0 Å². The molecular weight excluding hydrogens is 462 g/mol. The van der Waals surface area contributed by atoms with Crippen LogP contribution in [0.5, 0.6) is 0 Å². The fraction of sp³-hybridized carbons (Fsp3) is 0.211. The summed E-state index contributed by atoms with van der Waals surface area (Å²) in [5, 5.41) is 14.1. The topological polar surface area (TPSA) is 116 Å². The molecule has 3 heterocycles. The number of hydrogen-bond acceptors (Lipinski definition) is 8. The van der Waals surface area contributed by atoms with Crippen molar-refractivity contribution in [2.75, 3.05) is 11.1 Å². The van der Waals surface area contributed by atoms with Gasteiger partial charge < -0.3 is 15.1 Å². The van der Waals surface area contributed by atoms with Crippen molar-refractivity contribution in [3.8, 4) is 0 Å². The minimum atomic E-state index is -0.660. The number of amides is 3. The molecule has 0 saturated carbocycles. The molecule has 4 rings (SSSR count). The molecule has 3 amide bonds. The van der Waals surface area contributed by atoms with Gasteiger partial charge in [-0.3, -0.25) is 19.3 Å². The van der Waals surface area contributed by atoms with Crippen LogP contribution in [0.15, 0.2) is 57.3 Å². The molecule has 1 atom stereocenters. The Kier molecular flexibility index (Phi) is 6.64. The molecule has 2 saturated heterocycles. The zero-order valence-electron chi connectivity index (χ0n) is 15.9. The molecule has 1 unspecified atom stereocenters. The van der Waals surface area contributed by atoms with Crippen LogP contribution in [0.3, 0.4) is 0 Å². The van der Waals surface area contributed by atoms with Crippen LogP contribution in [0.4, 0.5) is 5.69 Å². The Bertz CT molecular complexity index is 1060.